The van der Waals surface area contributed by atoms with E-state index in [9.17, 15) is 9.00 Å². The van der Waals surface area contributed by atoms with Crippen LogP contribution in [0.3, 0.4) is 0 Å². The first-order valence-corrected chi connectivity index (χ1v) is 10.9. The molecule has 0 aliphatic heterocycles. The van der Waals surface area contributed by atoms with Crippen molar-refractivity contribution in [2.45, 2.75) is 30.7 Å². The summed E-state index contributed by atoms with van der Waals surface area (Å²) in [5.74, 6) is 1.39. The first-order valence-electron chi connectivity index (χ1n) is 9.62. The van der Waals surface area contributed by atoms with Gasteiger partial charge in [0.1, 0.15) is 0 Å². The molecule has 9 heteroatoms. The predicted octanol–water partition coefficient (Wildman–Crippen LogP) is 3.16. The summed E-state index contributed by atoms with van der Waals surface area (Å²) in [5, 5.41) is 0.305. The molecule has 3 aromatic rings. The zero-order valence-electron chi connectivity index (χ0n) is 17.1. The third kappa shape index (κ3) is 4.16. The lowest BCUT2D eigenvalue weighted by Crippen LogP contribution is -2.06. The molecule has 2 heterocycles. The number of benzene rings is 1. The van der Waals surface area contributed by atoms with Gasteiger partial charge in [-0.2, -0.15) is 0 Å². The van der Waals surface area contributed by atoms with Gasteiger partial charge in [-0.1, -0.05) is 0 Å². The summed E-state index contributed by atoms with van der Waals surface area (Å²) in [7, 11) is 1.39. The van der Waals surface area contributed by atoms with Gasteiger partial charge in [-0.25, -0.2) is 9.78 Å². The summed E-state index contributed by atoms with van der Waals surface area (Å²) >= 11 is 0. The van der Waals surface area contributed by atoms with Crippen molar-refractivity contribution in [1.82, 2.24) is 15.0 Å². The summed E-state index contributed by atoms with van der Waals surface area (Å²) in [4.78, 5) is 23.7. The highest BCUT2D eigenvalue weighted by Crippen LogP contribution is 2.34. The molecule has 1 aliphatic carbocycles. The lowest BCUT2D eigenvalue weighted by Gasteiger charge is -2.13. The Kier molecular flexibility index (Phi) is 5.72. The Balaban J connectivity index is 1.58. The second-order valence-electron chi connectivity index (χ2n) is 7.25. The van der Waals surface area contributed by atoms with Crippen LogP contribution in [-0.4, -0.2) is 46.0 Å². The second-order valence-corrected chi connectivity index (χ2v) is 8.62. The fraction of sp³-hybridized carbons (Fsp3) is 0.381. The first kappa shape index (κ1) is 20.3. The Morgan fingerprint density at radius 3 is 2.80 bits per heavy atom. The number of imidazole rings is 1. The smallest absolute Gasteiger partial charge is 0.338 e. The van der Waals surface area contributed by atoms with Crippen molar-refractivity contribution in [3.63, 3.8) is 0 Å². The summed E-state index contributed by atoms with van der Waals surface area (Å²) < 4.78 is 29.1. The van der Waals surface area contributed by atoms with Crippen LogP contribution in [0.25, 0.3) is 11.0 Å². The summed E-state index contributed by atoms with van der Waals surface area (Å²) in [6.07, 6.45) is 4.00. The highest BCUT2D eigenvalue weighted by molar-refractivity contribution is 7.84. The van der Waals surface area contributed by atoms with Crippen molar-refractivity contribution in [2.24, 2.45) is 5.92 Å². The maximum Gasteiger partial charge on any atom is 0.338 e. The van der Waals surface area contributed by atoms with Gasteiger partial charge < -0.3 is 19.2 Å². The number of esters is 1. The number of rotatable bonds is 8. The van der Waals surface area contributed by atoms with Gasteiger partial charge in [0.15, 0.2) is 16.7 Å². The minimum atomic E-state index is -1.49. The zero-order valence-corrected chi connectivity index (χ0v) is 17.9. The van der Waals surface area contributed by atoms with E-state index in [-0.39, 0.29) is 5.75 Å². The van der Waals surface area contributed by atoms with Crippen molar-refractivity contribution >= 4 is 27.8 Å². The lowest BCUT2D eigenvalue weighted by atomic mass is 10.1. The topological polar surface area (TPSA) is 103 Å². The monoisotopic (exact) mass is 429 g/mol. The van der Waals surface area contributed by atoms with Gasteiger partial charge in [0.05, 0.1) is 59.7 Å². The second kappa shape index (κ2) is 8.43. The molecule has 30 heavy (non-hydrogen) atoms. The number of nitrogens with one attached hydrogen (secondary N) is 1. The van der Waals surface area contributed by atoms with Crippen LogP contribution in [0.5, 0.6) is 11.5 Å². The number of aryl methyl sites for hydroxylation is 1. The van der Waals surface area contributed by atoms with Gasteiger partial charge in [-0.3, -0.25) is 9.19 Å². The SMILES string of the molecule is COC(=O)c1cc2nc(S(=O)Cc3nccc(OCC4CC4)c3OC)[nH]c2cc1C. The number of aromatic nitrogens is 3. The maximum absolute atomic E-state index is 13.0. The van der Waals surface area contributed by atoms with Crippen molar-refractivity contribution in [3.8, 4) is 11.5 Å². The highest BCUT2D eigenvalue weighted by Gasteiger charge is 2.24. The molecule has 1 N–H and O–H groups in total. The number of H-pyrrole nitrogens is 1. The van der Waals surface area contributed by atoms with Gasteiger partial charge in [0, 0.05) is 12.3 Å². The van der Waals surface area contributed by atoms with Crippen LogP contribution in [0.1, 0.15) is 34.5 Å². The molecule has 0 spiro atoms. The van der Waals surface area contributed by atoms with Crippen molar-refractivity contribution < 1.29 is 23.2 Å². The van der Waals surface area contributed by atoms with Gasteiger partial charge in [0.25, 0.3) is 0 Å². The molecule has 1 fully saturated rings. The number of carbonyl (C=O) groups excluding carboxylic acids is 1. The molecule has 4 rings (SSSR count). The van der Waals surface area contributed by atoms with Crippen LogP contribution in [0.4, 0.5) is 0 Å². The Labute approximate surface area is 176 Å². The van der Waals surface area contributed by atoms with Gasteiger partial charge in [-0.15, -0.1) is 0 Å². The van der Waals surface area contributed by atoms with Crippen LogP contribution < -0.4 is 9.47 Å². The maximum atomic E-state index is 13.0. The summed E-state index contributed by atoms with van der Waals surface area (Å²) in [5.41, 5.74) is 2.96. The number of methoxy groups -OCH3 is 2. The standard InChI is InChI=1S/C21H23N3O5S/c1-12-8-15-16(9-14(12)20(25)28-3)24-21(23-15)30(26)11-17-19(27-2)18(6-7-22-17)29-10-13-4-5-13/h6-9,13H,4-5,10-11H2,1-3H3,(H,23,24). The van der Waals surface area contributed by atoms with Crippen LogP contribution in [-0.2, 0) is 21.3 Å². The van der Waals surface area contributed by atoms with Crippen molar-refractivity contribution in [3.05, 3.63) is 41.2 Å². The quantitative estimate of drug-likeness (QED) is 0.549. The van der Waals surface area contributed by atoms with Crippen LogP contribution in [0.15, 0.2) is 29.6 Å². The molecule has 1 saturated carbocycles. The molecule has 1 unspecified atom stereocenters. The van der Waals surface area contributed by atoms with Gasteiger partial charge >= 0.3 is 5.97 Å². The number of fused-ring (bicyclic) bond motifs is 1. The van der Waals surface area contributed by atoms with E-state index in [0.717, 1.165) is 5.56 Å². The predicted molar refractivity (Wildman–Crippen MR) is 111 cm³/mol. The van der Waals surface area contributed by atoms with E-state index in [0.29, 0.717) is 51.5 Å². The minimum absolute atomic E-state index is 0.118. The Hall–Kier alpha value is -2.94. The molecule has 0 amide bonds. The number of carbonyl (C=O) groups is 1. The third-order valence-corrected chi connectivity index (χ3v) is 6.17. The number of ether oxygens (including phenoxy) is 3. The normalized spacial score (nSPS) is 14.5. The van der Waals surface area contributed by atoms with Crippen molar-refractivity contribution in [1.29, 1.82) is 0 Å². The van der Waals surface area contributed by atoms with E-state index in [2.05, 4.69) is 15.0 Å². The number of nitrogens with zero attached hydrogens (tertiary/aromatic N) is 2. The van der Waals surface area contributed by atoms with Gasteiger partial charge in [-0.05, 0) is 43.4 Å². The Morgan fingerprint density at radius 1 is 1.30 bits per heavy atom. The molecular formula is C21H23N3O5S. The molecule has 1 aromatic carbocycles. The average molecular weight is 429 g/mol. The van der Waals surface area contributed by atoms with E-state index in [4.69, 9.17) is 14.2 Å². The molecule has 158 valence electrons. The van der Waals surface area contributed by atoms with Crippen molar-refractivity contribution in [2.75, 3.05) is 20.8 Å². The Bertz CT molecular complexity index is 1120. The van der Waals surface area contributed by atoms with Crippen LogP contribution in [0.2, 0.25) is 0 Å². The van der Waals surface area contributed by atoms with Crippen LogP contribution >= 0.6 is 0 Å². The molecule has 1 atom stereocenters. The molecule has 0 bridgehead atoms. The summed E-state index contributed by atoms with van der Waals surface area (Å²) in [6.45, 7) is 2.46. The zero-order chi connectivity index (χ0) is 21.3. The average Bonchev–Trinajstić information content (AvgIpc) is 3.48. The number of aromatic amines is 1. The highest BCUT2D eigenvalue weighted by atomic mass is 32.2. The van der Waals surface area contributed by atoms with Crippen LogP contribution in [0, 0.1) is 12.8 Å². The van der Waals surface area contributed by atoms with E-state index >= 15 is 0 Å². The molecule has 0 radical (unpaired) electrons. The lowest BCUT2D eigenvalue weighted by molar-refractivity contribution is 0.0600. The number of hydrogen-bond donors (Lipinski definition) is 1. The first-order chi connectivity index (χ1) is 14.5. The number of pyridine rings is 1. The molecule has 8 nitrogen and oxygen atoms in total. The molecule has 2 aromatic heterocycles. The summed E-state index contributed by atoms with van der Waals surface area (Å²) in [6, 6.07) is 5.19. The fourth-order valence-electron chi connectivity index (χ4n) is 3.17. The van der Waals surface area contributed by atoms with Gasteiger partial charge in [0.2, 0.25) is 0 Å². The van der Waals surface area contributed by atoms with E-state index in [1.54, 1.807) is 31.5 Å². The Morgan fingerprint density at radius 2 is 2.10 bits per heavy atom. The fourth-order valence-corrected chi connectivity index (χ4v) is 4.19. The molecule has 1 aliphatic rings. The van der Waals surface area contributed by atoms with E-state index in [1.807, 2.05) is 6.92 Å². The minimum Gasteiger partial charge on any atom is -0.491 e. The molecular weight excluding hydrogens is 406 g/mol. The molecule has 0 saturated heterocycles. The largest absolute Gasteiger partial charge is 0.491 e. The number of hydrogen-bond acceptors (Lipinski definition) is 7. The van der Waals surface area contributed by atoms with E-state index in [1.165, 1.54) is 20.0 Å². The van der Waals surface area contributed by atoms with E-state index < -0.39 is 16.8 Å². The third-order valence-electron chi connectivity index (χ3n) is 5.01.